The first kappa shape index (κ1) is 17.4. The number of carbonyl (C=O) groups is 1. The molecule has 1 atom stereocenters. The zero-order valence-corrected chi connectivity index (χ0v) is 12.7. The molecule has 21 heavy (non-hydrogen) atoms. The summed E-state index contributed by atoms with van der Waals surface area (Å²) in [5.41, 5.74) is -0.148. The van der Waals surface area contributed by atoms with Crippen molar-refractivity contribution in [1.82, 2.24) is 4.72 Å². The van der Waals surface area contributed by atoms with Crippen LogP contribution in [-0.2, 0) is 10.0 Å². The summed E-state index contributed by atoms with van der Waals surface area (Å²) in [4.78, 5) is 10.7. The molecular formula is C13H19NO6S. The highest BCUT2D eigenvalue weighted by atomic mass is 32.2. The number of aliphatic hydroxyl groups is 1. The Bertz CT molecular complexity index is 599. The lowest BCUT2D eigenvalue weighted by Gasteiger charge is -2.12. The molecular weight excluding hydrogens is 298 g/mol. The number of carboxylic acids is 1. The van der Waals surface area contributed by atoms with Gasteiger partial charge in [-0.05, 0) is 31.0 Å². The average molecular weight is 317 g/mol. The van der Waals surface area contributed by atoms with Crippen molar-refractivity contribution in [3.05, 3.63) is 23.8 Å². The van der Waals surface area contributed by atoms with Crippen LogP contribution < -0.4 is 9.46 Å². The lowest BCUT2D eigenvalue weighted by atomic mass is 10.2. The van der Waals surface area contributed by atoms with Gasteiger partial charge in [-0.2, -0.15) is 0 Å². The van der Waals surface area contributed by atoms with Gasteiger partial charge in [0.2, 0.25) is 10.0 Å². The van der Waals surface area contributed by atoms with Gasteiger partial charge in [-0.15, -0.1) is 0 Å². The van der Waals surface area contributed by atoms with Crippen LogP contribution in [-0.4, -0.2) is 44.4 Å². The van der Waals surface area contributed by atoms with Crippen molar-refractivity contribution in [3.8, 4) is 5.75 Å². The normalized spacial score (nSPS) is 12.9. The van der Waals surface area contributed by atoms with Crippen molar-refractivity contribution >= 4 is 16.0 Å². The highest BCUT2D eigenvalue weighted by Gasteiger charge is 2.21. The molecule has 1 unspecified atom stereocenters. The zero-order chi connectivity index (χ0) is 16.0. The van der Waals surface area contributed by atoms with E-state index < -0.39 is 22.1 Å². The smallest absolute Gasteiger partial charge is 0.335 e. The van der Waals surface area contributed by atoms with Crippen LogP contribution in [0.1, 0.15) is 30.1 Å². The summed E-state index contributed by atoms with van der Waals surface area (Å²) in [5.74, 6) is -1.17. The molecule has 1 rings (SSSR count). The topological polar surface area (TPSA) is 113 Å². The summed E-state index contributed by atoms with van der Waals surface area (Å²) in [6.45, 7) is 1.84. The summed E-state index contributed by atoms with van der Waals surface area (Å²) < 4.78 is 31.7. The molecule has 0 amide bonds. The van der Waals surface area contributed by atoms with Gasteiger partial charge < -0.3 is 14.9 Å². The van der Waals surface area contributed by atoms with E-state index in [9.17, 15) is 18.3 Å². The molecule has 0 saturated heterocycles. The first-order valence-electron chi connectivity index (χ1n) is 6.41. The van der Waals surface area contributed by atoms with E-state index in [1.54, 1.807) is 6.92 Å². The maximum atomic E-state index is 12.2. The number of aromatic carboxylic acids is 1. The van der Waals surface area contributed by atoms with Gasteiger partial charge in [0.1, 0.15) is 10.6 Å². The predicted octanol–water partition coefficient (Wildman–Crippen LogP) is 0.833. The fourth-order valence-corrected chi connectivity index (χ4v) is 2.90. The highest BCUT2D eigenvalue weighted by Crippen LogP contribution is 2.24. The Morgan fingerprint density at radius 3 is 2.62 bits per heavy atom. The number of carboxylic acid groups (broad SMARTS) is 1. The number of sulfonamides is 1. The molecule has 0 bridgehead atoms. The Kier molecular flexibility index (Phi) is 6.13. The molecule has 0 saturated carbocycles. The van der Waals surface area contributed by atoms with E-state index in [0.29, 0.717) is 6.42 Å². The van der Waals surface area contributed by atoms with E-state index >= 15 is 0 Å². The Morgan fingerprint density at radius 1 is 1.43 bits per heavy atom. The molecule has 0 spiro atoms. The molecule has 0 aliphatic carbocycles. The van der Waals surface area contributed by atoms with Crippen LogP contribution in [0.5, 0.6) is 5.75 Å². The lowest BCUT2D eigenvalue weighted by Crippen LogP contribution is -2.27. The first-order chi connectivity index (χ1) is 9.81. The summed E-state index contributed by atoms with van der Waals surface area (Å²) in [7, 11) is -2.61. The lowest BCUT2D eigenvalue weighted by molar-refractivity contribution is 0.0696. The standard InChI is InChI=1S/C13H19NO6S/c1-3-10(15)6-7-14-21(18,19)12-8-9(13(16)17)4-5-11(12)20-2/h4-5,8,10,14-15H,3,6-7H2,1-2H3,(H,16,17). The minimum absolute atomic E-state index is 0.0534. The molecule has 8 heteroatoms. The molecule has 0 fully saturated rings. The van der Waals surface area contributed by atoms with Crippen LogP contribution in [0, 0.1) is 0 Å². The number of hydrogen-bond acceptors (Lipinski definition) is 5. The van der Waals surface area contributed by atoms with Gasteiger partial charge in [0, 0.05) is 6.54 Å². The molecule has 0 aromatic heterocycles. The summed E-state index contributed by atoms with van der Waals surface area (Å²) in [6.07, 6.45) is 0.218. The quantitative estimate of drug-likeness (QED) is 0.654. The largest absolute Gasteiger partial charge is 0.495 e. The molecule has 0 aliphatic heterocycles. The number of benzene rings is 1. The molecule has 0 radical (unpaired) electrons. The van der Waals surface area contributed by atoms with Crippen LogP contribution >= 0.6 is 0 Å². The molecule has 118 valence electrons. The maximum absolute atomic E-state index is 12.2. The number of ether oxygens (including phenoxy) is 1. The summed E-state index contributed by atoms with van der Waals surface area (Å²) in [5, 5.41) is 18.3. The molecule has 1 aromatic carbocycles. The fourth-order valence-electron chi connectivity index (χ4n) is 1.66. The van der Waals surface area contributed by atoms with E-state index in [2.05, 4.69) is 4.72 Å². The molecule has 7 nitrogen and oxygen atoms in total. The molecule has 3 N–H and O–H groups in total. The SMILES string of the molecule is CCC(O)CCNS(=O)(=O)c1cc(C(=O)O)ccc1OC. The van der Waals surface area contributed by atoms with Crippen LogP contribution in [0.2, 0.25) is 0 Å². The third kappa shape index (κ3) is 4.69. The second-order valence-electron chi connectivity index (χ2n) is 4.42. The van der Waals surface area contributed by atoms with Gasteiger partial charge in [-0.3, -0.25) is 0 Å². The van der Waals surface area contributed by atoms with E-state index in [0.717, 1.165) is 6.07 Å². The fraction of sp³-hybridized carbons (Fsp3) is 0.462. The third-order valence-electron chi connectivity index (χ3n) is 2.94. The number of hydrogen-bond donors (Lipinski definition) is 3. The Hall–Kier alpha value is -1.64. The Balaban J connectivity index is 3.00. The minimum atomic E-state index is -3.91. The maximum Gasteiger partial charge on any atom is 0.335 e. The van der Waals surface area contributed by atoms with Crippen molar-refractivity contribution < 1.29 is 28.2 Å². The molecule has 1 aromatic rings. The number of aliphatic hydroxyl groups excluding tert-OH is 1. The third-order valence-corrected chi connectivity index (χ3v) is 4.42. The number of methoxy groups -OCH3 is 1. The Labute approximate surface area is 123 Å². The zero-order valence-electron chi connectivity index (χ0n) is 11.9. The second-order valence-corrected chi connectivity index (χ2v) is 6.15. The van der Waals surface area contributed by atoms with E-state index in [-0.39, 0.29) is 29.2 Å². The van der Waals surface area contributed by atoms with Crippen LogP contribution in [0.3, 0.4) is 0 Å². The van der Waals surface area contributed by atoms with Crippen molar-refractivity contribution in [2.24, 2.45) is 0 Å². The Morgan fingerprint density at radius 2 is 2.10 bits per heavy atom. The molecule has 0 heterocycles. The highest BCUT2D eigenvalue weighted by molar-refractivity contribution is 7.89. The van der Waals surface area contributed by atoms with Crippen LogP contribution in [0.25, 0.3) is 0 Å². The van der Waals surface area contributed by atoms with Gasteiger partial charge in [-0.25, -0.2) is 17.9 Å². The number of nitrogens with one attached hydrogen (secondary N) is 1. The van der Waals surface area contributed by atoms with Crippen LogP contribution in [0.15, 0.2) is 23.1 Å². The van der Waals surface area contributed by atoms with Crippen molar-refractivity contribution in [1.29, 1.82) is 0 Å². The number of rotatable bonds is 8. The minimum Gasteiger partial charge on any atom is -0.495 e. The summed E-state index contributed by atoms with van der Waals surface area (Å²) >= 11 is 0. The van der Waals surface area contributed by atoms with Gasteiger partial charge >= 0.3 is 5.97 Å². The van der Waals surface area contributed by atoms with Crippen molar-refractivity contribution in [2.75, 3.05) is 13.7 Å². The summed E-state index contributed by atoms with van der Waals surface area (Å²) in [6, 6.07) is 3.60. The second kappa shape index (κ2) is 7.39. The first-order valence-corrected chi connectivity index (χ1v) is 7.89. The average Bonchev–Trinajstić information content (AvgIpc) is 2.45. The van der Waals surface area contributed by atoms with Crippen molar-refractivity contribution in [3.63, 3.8) is 0 Å². The predicted molar refractivity (Wildman–Crippen MR) is 76.1 cm³/mol. The molecule has 0 aliphatic rings. The van der Waals surface area contributed by atoms with Crippen molar-refractivity contribution in [2.45, 2.75) is 30.8 Å². The monoisotopic (exact) mass is 317 g/mol. The van der Waals surface area contributed by atoms with Gasteiger partial charge in [-0.1, -0.05) is 6.92 Å². The van der Waals surface area contributed by atoms with E-state index in [4.69, 9.17) is 9.84 Å². The van der Waals surface area contributed by atoms with Crippen LogP contribution in [0.4, 0.5) is 0 Å². The van der Waals surface area contributed by atoms with E-state index in [1.165, 1.54) is 19.2 Å². The van der Waals surface area contributed by atoms with E-state index in [1.807, 2.05) is 0 Å². The van der Waals surface area contributed by atoms with Gasteiger partial charge in [0.15, 0.2) is 0 Å². The van der Waals surface area contributed by atoms with Gasteiger partial charge in [0.05, 0.1) is 18.8 Å². The van der Waals surface area contributed by atoms with Gasteiger partial charge in [0.25, 0.3) is 0 Å².